The third-order valence-electron chi connectivity index (χ3n) is 6.58. The van der Waals surface area contributed by atoms with Gasteiger partial charge in [0.1, 0.15) is 5.82 Å². The van der Waals surface area contributed by atoms with E-state index in [0.29, 0.717) is 23.2 Å². The lowest BCUT2D eigenvalue weighted by molar-refractivity contribution is 0.102. The molecule has 3 aromatic heterocycles. The van der Waals surface area contributed by atoms with Gasteiger partial charge in [-0.1, -0.05) is 0 Å². The molecule has 0 atom stereocenters. The summed E-state index contributed by atoms with van der Waals surface area (Å²) in [5.74, 6) is 2.47. The molecule has 2 aliphatic carbocycles. The number of hydrogen-bond donors (Lipinski definition) is 2. The number of carbonyl (C=O) groups excluding carboxylic acids is 1. The molecule has 0 spiro atoms. The quantitative estimate of drug-likeness (QED) is 0.426. The Hall–Kier alpha value is -3.55. The van der Waals surface area contributed by atoms with Gasteiger partial charge in [-0.05, 0) is 83.7 Å². The summed E-state index contributed by atoms with van der Waals surface area (Å²) in [4.78, 5) is 23.0. The smallest absolute Gasteiger partial charge is 0.256 e. The molecule has 2 fully saturated rings. The normalized spacial score (nSPS) is 16.2. The Morgan fingerprint density at radius 2 is 1.76 bits per heavy atom. The van der Waals surface area contributed by atoms with Gasteiger partial charge in [0.15, 0.2) is 11.5 Å². The van der Waals surface area contributed by atoms with Crippen LogP contribution in [-0.2, 0) is 5.54 Å². The van der Waals surface area contributed by atoms with E-state index in [1.165, 1.54) is 12.8 Å². The lowest BCUT2D eigenvalue weighted by atomic mass is 10.1. The molecule has 2 aliphatic rings. The Morgan fingerprint density at radius 3 is 2.41 bits per heavy atom. The zero-order valence-electron chi connectivity index (χ0n) is 20.0. The minimum Gasteiger partial charge on any atom is -0.322 e. The Bertz CT molecular complexity index is 1400. The number of aromatic nitrogens is 6. The maximum atomic E-state index is 13.5. The van der Waals surface area contributed by atoms with Crippen molar-refractivity contribution in [1.82, 2.24) is 29.9 Å². The highest BCUT2D eigenvalue weighted by Gasteiger charge is 2.30. The van der Waals surface area contributed by atoms with E-state index >= 15 is 0 Å². The van der Waals surface area contributed by atoms with E-state index in [0.717, 1.165) is 52.3 Å². The molecule has 3 heterocycles. The SMILES string of the molecule is Cc1nn(C(C)(C)C)c2nc(C3CC3)cc(C(=O)Nc3ccc(-c4n[nH]c(C5CC5)n4)cc3)c12. The van der Waals surface area contributed by atoms with Crippen molar-refractivity contribution in [3.63, 3.8) is 0 Å². The summed E-state index contributed by atoms with van der Waals surface area (Å²) in [5.41, 5.74) is 4.63. The molecule has 8 heteroatoms. The van der Waals surface area contributed by atoms with Gasteiger partial charge in [0.2, 0.25) is 0 Å². The number of benzene rings is 1. The molecule has 2 N–H and O–H groups in total. The predicted molar refractivity (Wildman–Crippen MR) is 131 cm³/mol. The fourth-order valence-corrected chi connectivity index (χ4v) is 4.39. The molecule has 4 aromatic rings. The number of rotatable bonds is 5. The lowest BCUT2D eigenvalue weighted by Gasteiger charge is -2.20. The summed E-state index contributed by atoms with van der Waals surface area (Å²) in [6, 6.07) is 9.63. The first-order valence-electron chi connectivity index (χ1n) is 12.0. The van der Waals surface area contributed by atoms with E-state index in [1.807, 2.05) is 41.9 Å². The number of aromatic amines is 1. The average Bonchev–Trinajstić information content (AvgIpc) is 3.74. The first-order chi connectivity index (χ1) is 16.3. The van der Waals surface area contributed by atoms with Crippen molar-refractivity contribution in [2.24, 2.45) is 0 Å². The maximum Gasteiger partial charge on any atom is 0.256 e. The number of carbonyl (C=O) groups is 1. The Kier molecular flexibility index (Phi) is 4.62. The van der Waals surface area contributed by atoms with E-state index in [9.17, 15) is 4.79 Å². The third kappa shape index (κ3) is 3.77. The predicted octanol–water partition coefficient (Wildman–Crippen LogP) is 5.29. The van der Waals surface area contributed by atoms with Gasteiger partial charge in [0, 0.05) is 28.8 Å². The van der Waals surface area contributed by atoms with Crippen LogP contribution in [0.2, 0.25) is 0 Å². The zero-order valence-corrected chi connectivity index (χ0v) is 20.0. The van der Waals surface area contributed by atoms with Crippen LogP contribution < -0.4 is 5.32 Å². The number of H-pyrrole nitrogens is 1. The Morgan fingerprint density at radius 1 is 1.06 bits per heavy atom. The van der Waals surface area contributed by atoms with Crippen molar-refractivity contribution in [3.05, 3.63) is 53.1 Å². The highest BCUT2D eigenvalue weighted by molar-refractivity contribution is 6.12. The van der Waals surface area contributed by atoms with Crippen LogP contribution in [-0.4, -0.2) is 35.9 Å². The summed E-state index contributed by atoms with van der Waals surface area (Å²) >= 11 is 0. The van der Waals surface area contributed by atoms with Crippen molar-refractivity contribution >= 4 is 22.6 Å². The van der Waals surface area contributed by atoms with Gasteiger partial charge in [-0.3, -0.25) is 9.89 Å². The van der Waals surface area contributed by atoms with Crippen molar-refractivity contribution in [1.29, 1.82) is 0 Å². The second kappa shape index (κ2) is 7.48. The van der Waals surface area contributed by atoms with Gasteiger partial charge in [-0.15, -0.1) is 0 Å². The van der Waals surface area contributed by atoms with Crippen molar-refractivity contribution in [3.8, 4) is 11.4 Å². The molecule has 0 radical (unpaired) electrons. The minimum absolute atomic E-state index is 0.146. The molecular formula is C26H29N7O. The number of nitrogens with zero attached hydrogens (tertiary/aromatic N) is 5. The molecule has 0 bridgehead atoms. The second-order valence-electron chi connectivity index (χ2n) is 10.6. The summed E-state index contributed by atoms with van der Waals surface area (Å²) in [6.45, 7) is 8.26. The minimum atomic E-state index is -0.231. The number of nitrogens with one attached hydrogen (secondary N) is 2. The monoisotopic (exact) mass is 455 g/mol. The maximum absolute atomic E-state index is 13.5. The molecular weight excluding hydrogens is 426 g/mol. The van der Waals surface area contributed by atoms with Crippen LogP contribution in [0.25, 0.3) is 22.4 Å². The molecule has 0 saturated heterocycles. The molecule has 1 amide bonds. The topological polar surface area (TPSA) is 101 Å². The van der Waals surface area contributed by atoms with Crippen LogP contribution in [0.15, 0.2) is 30.3 Å². The second-order valence-corrected chi connectivity index (χ2v) is 10.6. The summed E-state index contributed by atoms with van der Waals surface area (Å²) in [5, 5.41) is 16.0. The van der Waals surface area contributed by atoms with Crippen molar-refractivity contribution < 1.29 is 4.79 Å². The summed E-state index contributed by atoms with van der Waals surface area (Å²) in [7, 11) is 0. The summed E-state index contributed by atoms with van der Waals surface area (Å²) in [6.07, 6.45) is 4.59. The molecule has 8 nitrogen and oxygen atoms in total. The van der Waals surface area contributed by atoms with E-state index in [1.54, 1.807) is 0 Å². The van der Waals surface area contributed by atoms with Gasteiger partial charge in [0.25, 0.3) is 5.91 Å². The molecule has 1 aromatic carbocycles. The number of aryl methyl sites for hydroxylation is 1. The van der Waals surface area contributed by atoms with E-state index in [4.69, 9.17) is 10.1 Å². The average molecular weight is 456 g/mol. The fraction of sp³-hybridized carbons (Fsp3) is 0.423. The van der Waals surface area contributed by atoms with Gasteiger partial charge >= 0.3 is 0 Å². The molecule has 6 rings (SSSR count). The summed E-state index contributed by atoms with van der Waals surface area (Å²) < 4.78 is 1.95. The largest absolute Gasteiger partial charge is 0.322 e. The van der Waals surface area contributed by atoms with Gasteiger partial charge in [-0.25, -0.2) is 14.6 Å². The van der Waals surface area contributed by atoms with Crippen molar-refractivity contribution in [2.45, 2.75) is 70.8 Å². The molecule has 2 saturated carbocycles. The van der Waals surface area contributed by atoms with Crippen LogP contribution in [0, 0.1) is 6.92 Å². The molecule has 0 aliphatic heterocycles. The van der Waals surface area contributed by atoms with Crippen LogP contribution in [0.4, 0.5) is 5.69 Å². The standard InChI is InChI=1S/C26H29N7O/c1-14-21-19(13-20(15-5-6-15)28-24(21)33(32-14)26(2,3)4)25(34)27-18-11-9-17(10-12-18)23-29-22(30-31-23)16-7-8-16/h9-13,15-16H,5-8H2,1-4H3,(H,27,34)(H,29,30,31). The fourth-order valence-electron chi connectivity index (χ4n) is 4.39. The first kappa shape index (κ1) is 21.0. The van der Waals surface area contributed by atoms with Crippen LogP contribution >= 0.6 is 0 Å². The van der Waals surface area contributed by atoms with E-state index in [2.05, 4.69) is 41.3 Å². The van der Waals surface area contributed by atoms with Gasteiger partial charge in [0.05, 0.1) is 22.2 Å². The van der Waals surface area contributed by atoms with E-state index < -0.39 is 0 Å². The first-order valence-corrected chi connectivity index (χ1v) is 12.0. The third-order valence-corrected chi connectivity index (χ3v) is 6.58. The lowest BCUT2D eigenvalue weighted by Crippen LogP contribution is -2.23. The van der Waals surface area contributed by atoms with Crippen LogP contribution in [0.3, 0.4) is 0 Å². The highest BCUT2D eigenvalue weighted by Crippen LogP contribution is 2.41. The van der Waals surface area contributed by atoms with Gasteiger partial charge in [-0.2, -0.15) is 10.2 Å². The van der Waals surface area contributed by atoms with Crippen LogP contribution in [0.5, 0.6) is 0 Å². The molecule has 174 valence electrons. The Balaban J connectivity index is 1.31. The van der Waals surface area contributed by atoms with Crippen LogP contribution in [0.1, 0.15) is 85.9 Å². The van der Waals surface area contributed by atoms with Gasteiger partial charge < -0.3 is 5.32 Å². The zero-order chi connectivity index (χ0) is 23.6. The number of hydrogen-bond acceptors (Lipinski definition) is 5. The van der Waals surface area contributed by atoms with Crippen molar-refractivity contribution in [2.75, 3.05) is 5.32 Å². The Labute approximate surface area is 198 Å². The number of pyridine rings is 1. The molecule has 0 unspecified atom stereocenters. The number of fused-ring (bicyclic) bond motifs is 1. The van der Waals surface area contributed by atoms with E-state index in [-0.39, 0.29) is 11.4 Å². The number of amides is 1. The number of anilines is 1. The molecule has 34 heavy (non-hydrogen) atoms. The highest BCUT2D eigenvalue weighted by atomic mass is 16.1.